The second kappa shape index (κ2) is 4.23. The van der Waals surface area contributed by atoms with E-state index in [0.29, 0.717) is 11.4 Å². The van der Waals surface area contributed by atoms with Crippen molar-refractivity contribution in [2.75, 3.05) is 11.1 Å². The highest BCUT2D eigenvalue weighted by Crippen LogP contribution is 2.25. The van der Waals surface area contributed by atoms with Gasteiger partial charge < -0.3 is 11.1 Å². The van der Waals surface area contributed by atoms with Gasteiger partial charge in [-0.25, -0.2) is 4.39 Å². The Kier molecular flexibility index (Phi) is 2.77. The first-order valence-corrected chi connectivity index (χ1v) is 5.04. The van der Waals surface area contributed by atoms with Crippen LogP contribution in [0, 0.1) is 12.7 Å². The van der Waals surface area contributed by atoms with Crippen LogP contribution in [-0.4, -0.2) is 0 Å². The van der Waals surface area contributed by atoms with Gasteiger partial charge in [0.15, 0.2) is 0 Å². The number of nitrogens with one attached hydrogen (secondary N) is 1. The molecule has 0 saturated heterocycles. The number of hydrogen-bond donors (Lipinski definition) is 2. The molecule has 2 aromatic carbocycles. The second-order valence-corrected chi connectivity index (χ2v) is 3.67. The smallest absolute Gasteiger partial charge is 0.125 e. The molecule has 0 aromatic heterocycles. The number of hydrogen-bond acceptors (Lipinski definition) is 2. The van der Waals surface area contributed by atoms with Crippen molar-refractivity contribution >= 4 is 17.1 Å². The average molecular weight is 216 g/mol. The van der Waals surface area contributed by atoms with Gasteiger partial charge in [-0.15, -0.1) is 0 Å². The SMILES string of the molecule is Cc1ccccc1Nc1cc(F)ccc1N. The molecule has 2 nitrogen and oxygen atoms in total. The molecule has 0 atom stereocenters. The fourth-order valence-electron chi connectivity index (χ4n) is 1.49. The summed E-state index contributed by atoms with van der Waals surface area (Å²) in [7, 11) is 0. The number of para-hydroxylation sites is 1. The van der Waals surface area contributed by atoms with Gasteiger partial charge in [0.25, 0.3) is 0 Å². The second-order valence-electron chi connectivity index (χ2n) is 3.67. The number of anilines is 3. The molecular formula is C13H13FN2. The molecule has 0 aliphatic rings. The van der Waals surface area contributed by atoms with Crippen molar-refractivity contribution in [3.8, 4) is 0 Å². The molecular weight excluding hydrogens is 203 g/mol. The number of benzene rings is 2. The Hall–Kier alpha value is -2.03. The maximum Gasteiger partial charge on any atom is 0.125 e. The van der Waals surface area contributed by atoms with Gasteiger partial charge in [-0.2, -0.15) is 0 Å². The molecule has 0 fully saturated rings. The van der Waals surface area contributed by atoms with Crippen LogP contribution in [0.1, 0.15) is 5.56 Å². The molecule has 0 radical (unpaired) electrons. The summed E-state index contributed by atoms with van der Waals surface area (Å²) in [6, 6.07) is 12.1. The van der Waals surface area contributed by atoms with Crippen LogP contribution in [0.4, 0.5) is 21.5 Å². The Labute approximate surface area is 93.9 Å². The number of rotatable bonds is 2. The van der Waals surface area contributed by atoms with E-state index in [0.717, 1.165) is 11.3 Å². The minimum absolute atomic E-state index is 0.301. The van der Waals surface area contributed by atoms with Crippen molar-refractivity contribution in [1.29, 1.82) is 0 Å². The van der Waals surface area contributed by atoms with Crippen LogP contribution >= 0.6 is 0 Å². The third-order valence-corrected chi connectivity index (χ3v) is 2.43. The lowest BCUT2D eigenvalue weighted by Crippen LogP contribution is -1.98. The van der Waals surface area contributed by atoms with Gasteiger partial charge in [0.2, 0.25) is 0 Å². The minimum atomic E-state index is -0.301. The van der Waals surface area contributed by atoms with Gasteiger partial charge in [-0.05, 0) is 36.8 Å². The molecule has 0 aliphatic heterocycles. The fraction of sp³-hybridized carbons (Fsp3) is 0.0769. The quantitative estimate of drug-likeness (QED) is 0.754. The molecule has 3 N–H and O–H groups in total. The van der Waals surface area contributed by atoms with Crippen LogP contribution in [0.15, 0.2) is 42.5 Å². The molecule has 2 aromatic rings. The van der Waals surface area contributed by atoms with Gasteiger partial charge in [0.1, 0.15) is 5.82 Å². The first kappa shape index (κ1) is 10.5. The van der Waals surface area contributed by atoms with Crippen molar-refractivity contribution in [2.45, 2.75) is 6.92 Å². The molecule has 0 aliphatic carbocycles. The predicted molar refractivity (Wildman–Crippen MR) is 65.3 cm³/mol. The summed E-state index contributed by atoms with van der Waals surface area (Å²) in [5, 5.41) is 3.12. The highest BCUT2D eigenvalue weighted by atomic mass is 19.1. The first-order chi connectivity index (χ1) is 7.66. The van der Waals surface area contributed by atoms with Crippen molar-refractivity contribution in [3.63, 3.8) is 0 Å². The largest absolute Gasteiger partial charge is 0.397 e. The van der Waals surface area contributed by atoms with E-state index in [1.165, 1.54) is 12.1 Å². The molecule has 0 spiro atoms. The summed E-state index contributed by atoms with van der Waals surface area (Å²) in [6.45, 7) is 1.98. The Morgan fingerprint density at radius 1 is 1.06 bits per heavy atom. The predicted octanol–water partition coefficient (Wildman–Crippen LogP) is 3.46. The summed E-state index contributed by atoms with van der Waals surface area (Å²) >= 11 is 0. The van der Waals surface area contributed by atoms with Crippen molar-refractivity contribution in [3.05, 3.63) is 53.8 Å². The van der Waals surface area contributed by atoms with E-state index in [9.17, 15) is 4.39 Å². The Bertz CT molecular complexity index is 509. The van der Waals surface area contributed by atoms with Crippen LogP contribution in [0.2, 0.25) is 0 Å². The molecule has 0 unspecified atom stereocenters. The molecule has 0 saturated carbocycles. The molecule has 0 heterocycles. The summed E-state index contributed by atoms with van der Waals surface area (Å²) in [4.78, 5) is 0. The zero-order valence-corrected chi connectivity index (χ0v) is 9.00. The number of nitrogens with two attached hydrogens (primary N) is 1. The molecule has 16 heavy (non-hydrogen) atoms. The average Bonchev–Trinajstić information content (AvgIpc) is 2.27. The van der Waals surface area contributed by atoms with Crippen molar-refractivity contribution in [1.82, 2.24) is 0 Å². The summed E-state index contributed by atoms with van der Waals surface area (Å²) < 4.78 is 13.1. The highest BCUT2D eigenvalue weighted by molar-refractivity contribution is 5.73. The van der Waals surface area contributed by atoms with Gasteiger partial charge in [-0.1, -0.05) is 18.2 Å². The van der Waals surface area contributed by atoms with Crippen LogP contribution in [-0.2, 0) is 0 Å². The highest BCUT2D eigenvalue weighted by Gasteiger charge is 2.02. The van der Waals surface area contributed by atoms with E-state index in [-0.39, 0.29) is 5.82 Å². The molecule has 2 rings (SSSR count). The zero-order chi connectivity index (χ0) is 11.5. The van der Waals surface area contributed by atoms with Gasteiger partial charge in [0.05, 0.1) is 11.4 Å². The van der Waals surface area contributed by atoms with E-state index < -0.39 is 0 Å². The molecule has 3 heteroatoms. The third kappa shape index (κ3) is 2.14. The summed E-state index contributed by atoms with van der Waals surface area (Å²) in [6.07, 6.45) is 0. The van der Waals surface area contributed by atoms with Crippen LogP contribution < -0.4 is 11.1 Å². The molecule has 82 valence electrons. The zero-order valence-electron chi connectivity index (χ0n) is 9.00. The number of halogens is 1. The Morgan fingerprint density at radius 3 is 2.56 bits per heavy atom. The third-order valence-electron chi connectivity index (χ3n) is 2.43. The lowest BCUT2D eigenvalue weighted by molar-refractivity contribution is 0.628. The van der Waals surface area contributed by atoms with Gasteiger partial charge in [0, 0.05) is 5.69 Å². The minimum Gasteiger partial charge on any atom is -0.397 e. The summed E-state index contributed by atoms with van der Waals surface area (Å²) in [5.74, 6) is -0.301. The monoisotopic (exact) mass is 216 g/mol. The van der Waals surface area contributed by atoms with E-state index in [2.05, 4.69) is 5.32 Å². The van der Waals surface area contributed by atoms with Gasteiger partial charge in [-0.3, -0.25) is 0 Å². The normalized spacial score (nSPS) is 10.1. The Morgan fingerprint density at radius 2 is 1.81 bits per heavy atom. The number of aryl methyl sites for hydroxylation is 1. The van der Waals surface area contributed by atoms with Gasteiger partial charge >= 0.3 is 0 Å². The lowest BCUT2D eigenvalue weighted by atomic mass is 10.2. The van der Waals surface area contributed by atoms with E-state index in [1.807, 2.05) is 31.2 Å². The Balaban J connectivity index is 2.34. The van der Waals surface area contributed by atoms with Crippen LogP contribution in [0.5, 0.6) is 0 Å². The maximum atomic E-state index is 13.1. The van der Waals surface area contributed by atoms with Crippen LogP contribution in [0.25, 0.3) is 0 Å². The maximum absolute atomic E-state index is 13.1. The fourth-order valence-corrected chi connectivity index (χ4v) is 1.49. The molecule has 0 bridgehead atoms. The topological polar surface area (TPSA) is 38.0 Å². The van der Waals surface area contributed by atoms with E-state index in [1.54, 1.807) is 6.07 Å². The van der Waals surface area contributed by atoms with Crippen LogP contribution in [0.3, 0.4) is 0 Å². The van der Waals surface area contributed by atoms with E-state index in [4.69, 9.17) is 5.73 Å². The first-order valence-electron chi connectivity index (χ1n) is 5.04. The van der Waals surface area contributed by atoms with Crippen molar-refractivity contribution < 1.29 is 4.39 Å². The van der Waals surface area contributed by atoms with E-state index >= 15 is 0 Å². The standard InChI is InChI=1S/C13H13FN2/c1-9-4-2-3-5-12(9)16-13-8-10(14)6-7-11(13)15/h2-8,16H,15H2,1H3. The lowest BCUT2D eigenvalue weighted by Gasteiger charge is -2.11. The van der Waals surface area contributed by atoms with Crippen molar-refractivity contribution in [2.24, 2.45) is 0 Å². The summed E-state index contributed by atoms with van der Waals surface area (Å²) in [5.41, 5.74) is 8.90. The molecule has 0 amide bonds. The number of nitrogen functional groups attached to an aromatic ring is 1.